The fourth-order valence-corrected chi connectivity index (χ4v) is 4.30. The van der Waals surface area contributed by atoms with Crippen molar-refractivity contribution in [3.05, 3.63) is 76.1 Å². The van der Waals surface area contributed by atoms with Crippen LogP contribution >= 0.6 is 12.2 Å². The van der Waals surface area contributed by atoms with E-state index in [2.05, 4.69) is 53.0 Å². The Bertz CT molecular complexity index is 1130. The number of nitrogens with one attached hydrogen (secondary N) is 2. The second kappa shape index (κ2) is 12.5. The summed E-state index contributed by atoms with van der Waals surface area (Å²) >= 11 is 5.83. The molecule has 34 heavy (non-hydrogen) atoms. The van der Waals surface area contributed by atoms with Crippen molar-refractivity contribution < 1.29 is 4.74 Å². The van der Waals surface area contributed by atoms with E-state index in [-0.39, 0.29) is 11.6 Å². The zero-order chi connectivity index (χ0) is 24.5. The van der Waals surface area contributed by atoms with Crippen LogP contribution < -0.4 is 15.6 Å². The molecule has 0 spiro atoms. The number of hydrogen-bond acceptors (Lipinski definition) is 4. The standard InChI is InChI=1S/C27H36N4O2S/c1-5-30(6-2)15-16-31(27(34)28-20(4)21-11-9-8-10-12-21)19-23-17-22-18-24(33-7-3)13-14-25(22)29-26(23)32/h8-14,17-18,20H,5-7,15-16,19H2,1-4H3,(H,28,34)(H,29,32)/t20-/m0/s1. The minimum Gasteiger partial charge on any atom is -0.494 e. The minimum atomic E-state index is -0.0941. The molecule has 7 heteroatoms. The van der Waals surface area contributed by atoms with Crippen LogP contribution in [0, 0.1) is 0 Å². The number of nitrogens with zero attached hydrogens (tertiary/aromatic N) is 2. The quantitative estimate of drug-likeness (QED) is 0.388. The van der Waals surface area contributed by atoms with Crippen LogP contribution in [0.1, 0.15) is 44.9 Å². The molecule has 0 radical (unpaired) electrons. The van der Waals surface area contributed by atoms with Crippen LogP contribution in [0.2, 0.25) is 0 Å². The van der Waals surface area contributed by atoms with Crippen LogP contribution in [0.3, 0.4) is 0 Å². The smallest absolute Gasteiger partial charge is 0.253 e. The van der Waals surface area contributed by atoms with Gasteiger partial charge in [-0.05, 0) is 69.0 Å². The lowest BCUT2D eigenvalue weighted by Crippen LogP contribution is -2.44. The van der Waals surface area contributed by atoms with Crippen molar-refractivity contribution >= 4 is 28.2 Å². The van der Waals surface area contributed by atoms with E-state index < -0.39 is 0 Å². The monoisotopic (exact) mass is 480 g/mol. The average Bonchev–Trinajstić information content (AvgIpc) is 2.85. The number of pyridine rings is 1. The maximum absolute atomic E-state index is 12.9. The zero-order valence-corrected chi connectivity index (χ0v) is 21.5. The molecule has 0 aliphatic heterocycles. The maximum Gasteiger partial charge on any atom is 0.253 e. The molecule has 2 aromatic carbocycles. The average molecular weight is 481 g/mol. The lowest BCUT2D eigenvalue weighted by Gasteiger charge is -2.30. The van der Waals surface area contributed by atoms with Crippen molar-refractivity contribution in [2.45, 2.75) is 40.3 Å². The van der Waals surface area contributed by atoms with E-state index >= 15 is 0 Å². The summed E-state index contributed by atoms with van der Waals surface area (Å²) in [7, 11) is 0. The van der Waals surface area contributed by atoms with Crippen molar-refractivity contribution in [1.82, 2.24) is 20.1 Å². The molecule has 3 aromatic rings. The fraction of sp³-hybridized carbons (Fsp3) is 0.407. The highest BCUT2D eigenvalue weighted by atomic mass is 32.1. The van der Waals surface area contributed by atoms with E-state index in [1.807, 2.05) is 49.4 Å². The molecule has 1 atom stereocenters. The third-order valence-corrected chi connectivity index (χ3v) is 6.45. The second-order valence-corrected chi connectivity index (χ2v) is 8.72. The second-order valence-electron chi connectivity index (χ2n) is 8.34. The summed E-state index contributed by atoms with van der Waals surface area (Å²) in [6.07, 6.45) is 0. The predicted octanol–water partition coefficient (Wildman–Crippen LogP) is 4.71. The van der Waals surface area contributed by atoms with Gasteiger partial charge in [0.05, 0.1) is 19.2 Å². The number of H-pyrrole nitrogens is 1. The summed E-state index contributed by atoms with van der Waals surface area (Å²) in [4.78, 5) is 20.4. The van der Waals surface area contributed by atoms with Gasteiger partial charge >= 0.3 is 0 Å². The molecule has 182 valence electrons. The number of hydrogen-bond donors (Lipinski definition) is 2. The highest BCUT2D eigenvalue weighted by Gasteiger charge is 2.17. The zero-order valence-electron chi connectivity index (χ0n) is 20.6. The Morgan fingerprint density at radius 1 is 1.06 bits per heavy atom. The van der Waals surface area contributed by atoms with E-state index in [4.69, 9.17) is 17.0 Å². The van der Waals surface area contributed by atoms with Crippen LogP contribution in [0.25, 0.3) is 10.9 Å². The van der Waals surface area contributed by atoms with Crippen LogP contribution in [-0.2, 0) is 6.54 Å². The molecule has 0 saturated carbocycles. The first-order valence-corrected chi connectivity index (χ1v) is 12.5. The normalized spacial score (nSPS) is 12.0. The summed E-state index contributed by atoms with van der Waals surface area (Å²) < 4.78 is 5.64. The summed E-state index contributed by atoms with van der Waals surface area (Å²) in [5.74, 6) is 0.792. The van der Waals surface area contributed by atoms with Crippen molar-refractivity contribution in [2.75, 3.05) is 32.8 Å². The van der Waals surface area contributed by atoms with E-state index in [9.17, 15) is 4.79 Å². The summed E-state index contributed by atoms with van der Waals surface area (Å²) in [5.41, 5.74) is 2.55. The first-order valence-electron chi connectivity index (χ1n) is 12.1. The van der Waals surface area contributed by atoms with E-state index in [1.54, 1.807) is 0 Å². The summed E-state index contributed by atoms with van der Waals surface area (Å²) in [5, 5.41) is 5.06. The van der Waals surface area contributed by atoms with Gasteiger partial charge in [-0.2, -0.15) is 0 Å². The number of ether oxygens (including phenoxy) is 1. The molecule has 0 bridgehead atoms. The highest BCUT2D eigenvalue weighted by Crippen LogP contribution is 2.20. The van der Waals surface area contributed by atoms with Gasteiger partial charge in [0, 0.05) is 29.6 Å². The summed E-state index contributed by atoms with van der Waals surface area (Å²) in [6, 6.07) is 18.0. The van der Waals surface area contributed by atoms with Crippen LogP contribution in [0.5, 0.6) is 5.75 Å². The van der Waals surface area contributed by atoms with Gasteiger partial charge in [-0.3, -0.25) is 4.79 Å². The fourth-order valence-electron chi connectivity index (χ4n) is 3.97. The van der Waals surface area contributed by atoms with Gasteiger partial charge in [0.1, 0.15) is 5.75 Å². The van der Waals surface area contributed by atoms with Crippen LogP contribution in [-0.4, -0.2) is 52.7 Å². The van der Waals surface area contributed by atoms with Gasteiger partial charge in [-0.15, -0.1) is 0 Å². The number of aromatic nitrogens is 1. The first kappa shape index (κ1) is 25.7. The number of fused-ring (bicyclic) bond motifs is 1. The van der Waals surface area contributed by atoms with Gasteiger partial charge in [0.2, 0.25) is 0 Å². The molecule has 0 aliphatic rings. The van der Waals surface area contributed by atoms with Gasteiger partial charge in [-0.1, -0.05) is 44.2 Å². The van der Waals surface area contributed by atoms with Crippen molar-refractivity contribution in [1.29, 1.82) is 0 Å². The molecule has 0 amide bonds. The third-order valence-electron chi connectivity index (χ3n) is 6.07. The number of rotatable bonds is 11. The van der Waals surface area contributed by atoms with Crippen LogP contribution in [0.15, 0.2) is 59.4 Å². The molecule has 6 nitrogen and oxygen atoms in total. The number of thiocarbonyl (C=S) groups is 1. The molecule has 2 N–H and O–H groups in total. The highest BCUT2D eigenvalue weighted by molar-refractivity contribution is 7.80. The summed E-state index contributed by atoms with van der Waals surface area (Å²) in [6.45, 7) is 12.9. The molecule has 0 saturated heterocycles. The lowest BCUT2D eigenvalue weighted by atomic mass is 10.1. The Hall–Kier alpha value is -2.90. The molecule has 3 rings (SSSR count). The first-order chi connectivity index (χ1) is 16.4. The molecular formula is C27H36N4O2S. The van der Waals surface area contributed by atoms with Gasteiger partial charge in [0.15, 0.2) is 5.11 Å². The SMILES string of the molecule is CCOc1ccc2[nH]c(=O)c(CN(CCN(CC)CC)C(=S)N[C@@H](C)c3ccccc3)cc2c1. The van der Waals surface area contributed by atoms with Crippen molar-refractivity contribution in [3.8, 4) is 5.75 Å². The molecular weight excluding hydrogens is 444 g/mol. The molecule has 1 aromatic heterocycles. The van der Waals surface area contributed by atoms with Crippen molar-refractivity contribution in [3.63, 3.8) is 0 Å². The van der Waals surface area contributed by atoms with Crippen LogP contribution in [0.4, 0.5) is 0 Å². The van der Waals surface area contributed by atoms with Gasteiger partial charge < -0.3 is 24.8 Å². The van der Waals surface area contributed by atoms with Gasteiger partial charge in [-0.25, -0.2) is 0 Å². The molecule has 0 fully saturated rings. The Morgan fingerprint density at radius 3 is 2.47 bits per heavy atom. The largest absolute Gasteiger partial charge is 0.494 e. The Labute approximate surface area is 207 Å². The van der Waals surface area contributed by atoms with E-state index in [0.717, 1.165) is 42.8 Å². The Balaban J connectivity index is 1.84. The predicted molar refractivity (Wildman–Crippen MR) is 145 cm³/mol. The molecule has 0 unspecified atom stereocenters. The molecule has 1 heterocycles. The Kier molecular flexibility index (Phi) is 9.48. The lowest BCUT2D eigenvalue weighted by molar-refractivity contribution is 0.262. The Morgan fingerprint density at radius 2 is 1.79 bits per heavy atom. The third kappa shape index (κ3) is 6.81. The maximum atomic E-state index is 12.9. The number of likely N-dealkylation sites (N-methyl/N-ethyl adjacent to an activating group) is 1. The van der Waals surface area contributed by atoms with Gasteiger partial charge in [0.25, 0.3) is 5.56 Å². The topological polar surface area (TPSA) is 60.6 Å². The van der Waals surface area contributed by atoms with E-state index in [0.29, 0.717) is 23.8 Å². The van der Waals surface area contributed by atoms with E-state index in [1.165, 1.54) is 5.56 Å². The van der Waals surface area contributed by atoms with Crippen molar-refractivity contribution in [2.24, 2.45) is 0 Å². The number of benzene rings is 2. The number of aromatic amines is 1. The minimum absolute atomic E-state index is 0.0632. The molecule has 0 aliphatic carbocycles.